The molecule has 2 aromatic carbocycles. The number of benzene rings is 2. The lowest BCUT2D eigenvalue weighted by Crippen LogP contribution is -2.20. The maximum atomic E-state index is 12.0. The highest BCUT2D eigenvalue weighted by atomic mass is 35.5. The zero-order valence-electron chi connectivity index (χ0n) is 11.1. The van der Waals surface area contributed by atoms with E-state index in [1.807, 2.05) is 32.0 Å². The molecule has 3 nitrogen and oxygen atoms in total. The van der Waals surface area contributed by atoms with Gasteiger partial charge < -0.3 is 10.6 Å². The Kier molecular flexibility index (Phi) is 4.53. The summed E-state index contributed by atoms with van der Waals surface area (Å²) >= 11 is 11.9. The first-order valence-corrected chi connectivity index (χ1v) is 6.82. The fraction of sp³-hybridized carbons (Fsp3) is 0.133. The molecule has 0 spiro atoms. The van der Waals surface area contributed by atoms with E-state index >= 15 is 0 Å². The molecule has 0 bridgehead atoms. The molecule has 0 saturated heterocycles. The third-order valence-corrected chi connectivity index (χ3v) is 3.65. The minimum atomic E-state index is -0.360. The second kappa shape index (κ2) is 6.16. The monoisotopic (exact) mass is 308 g/mol. The molecule has 0 radical (unpaired) electrons. The van der Waals surface area contributed by atoms with Crippen molar-refractivity contribution in [2.24, 2.45) is 0 Å². The molecule has 0 aliphatic heterocycles. The van der Waals surface area contributed by atoms with Gasteiger partial charge in [0, 0.05) is 5.69 Å². The Bertz CT molecular complexity index is 656. The number of nitrogens with one attached hydrogen (secondary N) is 2. The minimum Gasteiger partial charge on any atom is -0.307 e. The van der Waals surface area contributed by atoms with Crippen molar-refractivity contribution in [1.29, 1.82) is 0 Å². The number of halogens is 2. The first-order chi connectivity index (χ1) is 9.47. The van der Waals surface area contributed by atoms with Crippen LogP contribution >= 0.6 is 23.2 Å². The zero-order chi connectivity index (χ0) is 14.7. The lowest BCUT2D eigenvalue weighted by atomic mass is 10.1. The minimum absolute atomic E-state index is 0.324. The maximum Gasteiger partial charge on any atom is 0.323 e. The fourth-order valence-corrected chi connectivity index (χ4v) is 2.18. The van der Waals surface area contributed by atoms with Crippen molar-refractivity contribution in [3.05, 3.63) is 57.6 Å². The van der Waals surface area contributed by atoms with Gasteiger partial charge in [-0.1, -0.05) is 47.0 Å². The van der Waals surface area contributed by atoms with Crippen LogP contribution < -0.4 is 10.6 Å². The molecule has 2 aromatic rings. The number of rotatable bonds is 2. The summed E-state index contributed by atoms with van der Waals surface area (Å²) in [5, 5.41) is 6.18. The normalized spacial score (nSPS) is 10.2. The summed E-state index contributed by atoms with van der Waals surface area (Å²) in [5.74, 6) is 0. The SMILES string of the molecule is Cc1ccc(NC(=O)Nc2cccc(Cl)c2Cl)c(C)c1. The van der Waals surface area contributed by atoms with Gasteiger partial charge >= 0.3 is 6.03 Å². The first kappa shape index (κ1) is 14.7. The summed E-state index contributed by atoms with van der Waals surface area (Å²) in [4.78, 5) is 12.0. The summed E-state index contributed by atoms with van der Waals surface area (Å²) in [6.07, 6.45) is 0. The van der Waals surface area contributed by atoms with Crippen LogP contribution in [-0.2, 0) is 0 Å². The number of hydrogen-bond donors (Lipinski definition) is 2. The predicted octanol–water partition coefficient (Wildman–Crippen LogP) is 5.25. The highest BCUT2D eigenvalue weighted by Gasteiger charge is 2.09. The molecule has 104 valence electrons. The Morgan fingerprint density at radius 1 is 1.00 bits per heavy atom. The summed E-state index contributed by atoms with van der Waals surface area (Å²) in [6.45, 7) is 3.94. The Hall–Kier alpha value is -1.71. The van der Waals surface area contributed by atoms with Crippen molar-refractivity contribution in [1.82, 2.24) is 0 Å². The van der Waals surface area contributed by atoms with Gasteiger partial charge in [0.15, 0.2) is 0 Å². The molecule has 0 aliphatic rings. The average Bonchev–Trinajstić information content (AvgIpc) is 2.38. The highest BCUT2D eigenvalue weighted by molar-refractivity contribution is 6.44. The topological polar surface area (TPSA) is 41.1 Å². The van der Waals surface area contributed by atoms with Gasteiger partial charge in [0.05, 0.1) is 15.7 Å². The van der Waals surface area contributed by atoms with Crippen LogP contribution in [0.1, 0.15) is 11.1 Å². The Balaban J connectivity index is 2.11. The van der Waals surface area contributed by atoms with Gasteiger partial charge in [-0.25, -0.2) is 4.79 Å². The van der Waals surface area contributed by atoms with Crippen LogP contribution in [0.5, 0.6) is 0 Å². The standard InChI is InChI=1S/C15H14Cl2N2O/c1-9-6-7-12(10(2)8-9)18-15(20)19-13-5-3-4-11(16)14(13)17/h3-8H,1-2H3,(H2,18,19,20). The lowest BCUT2D eigenvalue weighted by Gasteiger charge is -2.11. The number of aryl methyl sites for hydroxylation is 2. The Labute approximate surface area is 127 Å². The van der Waals surface area contributed by atoms with Crippen molar-refractivity contribution in [2.75, 3.05) is 10.6 Å². The fourth-order valence-electron chi connectivity index (χ4n) is 1.83. The Morgan fingerprint density at radius 3 is 2.40 bits per heavy atom. The van der Waals surface area contributed by atoms with Gasteiger partial charge in [0.2, 0.25) is 0 Å². The van der Waals surface area contributed by atoms with Gasteiger partial charge in [-0.15, -0.1) is 0 Å². The zero-order valence-corrected chi connectivity index (χ0v) is 12.6. The van der Waals surface area contributed by atoms with Gasteiger partial charge in [-0.2, -0.15) is 0 Å². The van der Waals surface area contributed by atoms with E-state index in [0.717, 1.165) is 16.8 Å². The molecule has 0 aromatic heterocycles. The predicted molar refractivity (Wildman–Crippen MR) is 85.0 cm³/mol. The van der Waals surface area contributed by atoms with Gasteiger partial charge in [0.25, 0.3) is 0 Å². The van der Waals surface area contributed by atoms with Crippen LogP contribution in [0.25, 0.3) is 0 Å². The summed E-state index contributed by atoms with van der Waals surface area (Å²) < 4.78 is 0. The second-order valence-corrected chi connectivity index (χ2v) is 5.28. The van der Waals surface area contributed by atoms with Gasteiger partial charge in [0.1, 0.15) is 0 Å². The average molecular weight is 309 g/mol. The van der Waals surface area contributed by atoms with Crippen molar-refractivity contribution in [2.45, 2.75) is 13.8 Å². The van der Waals surface area contributed by atoms with E-state index in [0.29, 0.717) is 15.7 Å². The van der Waals surface area contributed by atoms with Gasteiger partial charge in [-0.05, 0) is 37.6 Å². The van der Waals surface area contributed by atoms with E-state index in [-0.39, 0.29) is 6.03 Å². The number of urea groups is 1. The molecular formula is C15H14Cl2N2O. The van der Waals surface area contributed by atoms with E-state index in [4.69, 9.17) is 23.2 Å². The van der Waals surface area contributed by atoms with Crippen molar-refractivity contribution in [3.63, 3.8) is 0 Å². The summed E-state index contributed by atoms with van der Waals surface area (Å²) in [6, 6.07) is 10.5. The third-order valence-electron chi connectivity index (χ3n) is 2.83. The quantitative estimate of drug-likeness (QED) is 0.781. The number of amides is 2. The number of anilines is 2. The lowest BCUT2D eigenvalue weighted by molar-refractivity contribution is 0.262. The van der Waals surface area contributed by atoms with E-state index in [1.165, 1.54) is 0 Å². The van der Waals surface area contributed by atoms with Crippen LogP contribution in [-0.4, -0.2) is 6.03 Å². The molecule has 0 saturated carbocycles. The molecule has 2 N–H and O–H groups in total. The molecule has 0 aliphatic carbocycles. The third kappa shape index (κ3) is 3.44. The summed E-state index contributed by atoms with van der Waals surface area (Å²) in [7, 11) is 0. The van der Waals surface area contributed by atoms with Crippen LogP contribution in [0.3, 0.4) is 0 Å². The molecule has 2 rings (SSSR count). The largest absolute Gasteiger partial charge is 0.323 e. The molecule has 0 atom stereocenters. The van der Waals surface area contributed by atoms with Gasteiger partial charge in [-0.3, -0.25) is 0 Å². The first-order valence-electron chi connectivity index (χ1n) is 6.06. The van der Waals surface area contributed by atoms with Crippen LogP contribution in [0.15, 0.2) is 36.4 Å². The smallest absolute Gasteiger partial charge is 0.307 e. The van der Waals surface area contributed by atoms with Crippen molar-refractivity contribution < 1.29 is 4.79 Å². The maximum absolute atomic E-state index is 12.0. The van der Waals surface area contributed by atoms with Crippen LogP contribution in [0.4, 0.5) is 16.2 Å². The molecule has 0 heterocycles. The van der Waals surface area contributed by atoms with E-state index < -0.39 is 0 Å². The molecule has 0 fully saturated rings. The number of hydrogen-bond acceptors (Lipinski definition) is 1. The molecule has 0 unspecified atom stereocenters. The van der Waals surface area contributed by atoms with E-state index in [2.05, 4.69) is 10.6 Å². The molecule has 2 amide bonds. The van der Waals surface area contributed by atoms with Crippen LogP contribution in [0, 0.1) is 13.8 Å². The highest BCUT2D eigenvalue weighted by Crippen LogP contribution is 2.29. The summed E-state index contributed by atoms with van der Waals surface area (Å²) in [5.41, 5.74) is 3.37. The van der Waals surface area contributed by atoms with Crippen LogP contribution in [0.2, 0.25) is 10.0 Å². The molecule has 5 heteroatoms. The Morgan fingerprint density at radius 2 is 1.70 bits per heavy atom. The number of carbonyl (C=O) groups is 1. The van der Waals surface area contributed by atoms with E-state index in [1.54, 1.807) is 18.2 Å². The van der Waals surface area contributed by atoms with E-state index in [9.17, 15) is 4.79 Å². The van der Waals surface area contributed by atoms with Crippen molar-refractivity contribution >= 4 is 40.6 Å². The van der Waals surface area contributed by atoms with Crippen molar-refractivity contribution in [3.8, 4) is 0 Å². The second-order valence-electron chi connectivity index (χ2n) is 4.50. The molecule has 20 heavy (non-hydrogen) atoms. The number of carbonyl (C=O) groups excluding carboxylic acids is 1. The molecular weight excluding hydrogens is 295 g/mol.